The second-order valence-corrected chi connectivity index (χ2v) is 7.52. The smallest absolute Gasteiger partial charge is 0.339 e. The minimum atomic E-state index is -1.01. The zero-order valence-corrected chi connectivity index (χ0v) is 16.9. The average Bonchev–Trinajstić information content (AvgIpc) is 3.23. The molecule has 3 amide bonds. The van der Waals surface area contributed by atoms with Gasteiger partial charge in [0.25, 0.3) is 5.91 Å². The van der Waals surface area contributed by atoms with Crippen LogP contribution in [0.3, 0.4) is 0 Å². The predicted molar refractivity (Wildman–Crippen MR) is 114 cm³/mol. The minimum absolute atomic E-state index is 0.265. The molecule has 4 rings (SSSR count). The fourth-order valence-electron chi connectivity index (χ4n) is 3.89. The number of allylic oxidation sites excluding steroid dienone is 1. The van der Waals surface area contributed by atoms with Crippen LogP contribution in [0.4, 0.5) is 4.79 Å². The number of benzene rings is 1. The van der Waals surface area contributed by atoms with E-state index in [4.69, 9.17) is 19.9 Å². The van der Waals surface area contributed by atoms with Crippen molar-refractivity contribution in [1.29, 1.82) is 0 Å². The number of furan rings is 1. The number of rotatable bonds is 4. The Morgan fingerprint density at radius 3 is 2.77 bits per heavy atom. The molecule has 0 fully saturated rings. The number of primary amides is 1. The van der Waals surface area contributed by atoms with Crippen LogP contribution in [-0.2, 0) is 16.0 Å². The lowest BCUT2D eigenvalue weighted by Gasteiger charge is -2.26. The molecule has 3 aromatic rings. The van der Waals surface area contributed by atoms with E-state index in [1.165, 1.54) is 0 Å². The van der Waals surface area contributed by atoms with Crippen molar-refractivity contribution in [3.05, 3.63) is 65.2 Å². The molecule has 2 aromatic heterocycles. The molecule has 1 aliphatic carbocycles. The van der Waals surface area contributed by atoms with Crippen LogP contribution in [0, 0.1) is 5.92 Å². The first-order chi connectivity index (χ1) is 14.9. The van der Waals surface area contributed by atoms with Crippen molar-refractivity contribution in [3.8, 4) is 0 Å². The lowest BCUT2D eigenvalue weighted by Crippen LogP contribution is -2.37. The third-order valence-corrected chi connectivity index (χ3v) is 5.08. The number of para-hydroxylation sites is 1. The van der Waals surface area contributed by atoms with Crippen LogP contribution in [0.25, 0.3) is 22.6 Å². The van der Waals surface area contributed by atoms with E-state index in [-0.39, 0.29) is 5.92 Å². The number of nitrogens with zero attached hydrogens (tertiary/aromatic N) is 1. The van der Waals surface area contributed by atoms with E-state index in [0.29, 0.717) is 28.6 Å². The van der Waals surface area contributed by atoms with Gasteiger partial charge >= 0.3 is 12.0 Å². The van der Waals surface area contributed by atoms with Crippen molar-refractivity contribution >= 4 is 40.5 Å². The van der Waals surface area contributed by atoms with Crippen LogP contribution < -0.4 is 11.1 Å². The highest BCUT2D eigenvalue weighted by Crippen LogP contribution is 2.38. The van der Waals surface area contributed by atoms with Crippen molar-refractivity contribution in [3.63, 3.8) is 0 Å². The Balaban J connectivity index is 1.80. The normalized spacial score (nSPS) is 16.7. The molecule has 3 N–H and O–H groups in total. The fourth-order valence-corrected chi connectivity index (χ4v) is 3.89. The van der Waals surface area contributed by atoms with Gasteiger partial charge in [0, 0.05) is 5.39 Å². The zero-order chi connectivity index (χ0) is 22.0. The molecule has 0 radical (unpaired) electrons. The molecule has 0 aliphatic heterocycles. The molecule has 8 heteroatoms. The van der Waals surface area contributed by atoms with Crippen molar-refractivity contribution < 1.29 is 23.5 Å². The molecule has 0 spiro atoms. The number of imide groups is 1. The number of ether oxygens (including phenoxy) is 1. The Hall–Kier alpha value is -3.94. The summed E-state index contributed by atoms with van der Waals surface area (Å²) in [6.45, 7) is 1.49. The number of hydrogen-bond donors (Lipinski definition) is 2. The summed E-state index contributed by atoms with van der Waals surface area (Å²) in [6.07, 6.45) is 4.97. The van der Waals surface area contributed by atoms with Gasteiger partial charge in [0.15, 0.2) is 6.61 Å². The maximum atomic E-state index is 13.1. The van der Waals surface area contributed by atoms with Crippen LogP contribution in [-0.4, -0.2) is 29.5 Å². The number of urea groups is 1. The van der Waals surface area contributed by atoms with Crippen molar-refractivity contribution in [2.45, 2.75) is 19.8 Å². The van der Waals surface area contributed by atoms with E-state index in [1.807, 2.05) is 41.7 Å². The molecular formula is C23H21N3O5. The van der Waals surface area contributed by atoms with Gasteiger partial charge in [-0.15, -0.1) is 0 Å². The second kappa shape index (κ2) is 8.43. The van der Waals surface area contributed by atoms with E-state index < -0.39 is 24.5 Å². The van der Waals surface area contributed by atoms with E-state index in [9.17, 15) is 14.4 Å². The van der Waals surface area contributed by atoms with Crippen molar-refractivity contribution in [2.24, 2.45) is 11.7 Å². The Bertz CT molecular complexity index is 1200. The van der Waals surface area contributed by atoms with E-state index in [0.717, 1.165) is 23.3 Å². The number of fused-ring (bicyclic) bond motifs is 2. The summed E-state index contributed by atoms with van der Waals surface area (Å²) in [6, 6.07) is 9.96. The maximum Gasteiger partial charge on any atom is 0.339 e. The van der Waals surface area contributed by atoms with Crippen molar-refractivity contribution in [1.82, 2.24) is 10.3 Å². The molecule has 0 bridgehead atoms. The third-order valence-electron chi connectivity index (χ3n) is 5.08. The highest BCUT2D eigenvalue weighted by Gasteiger charge is 2.29. The number of esters is 1. The largest absolute Gasteiger partial charge is 0.465 e. The SMILES string of the molecule is C[C@H]1CC(=Cc2ccco2)c2nc3ccccc3c(C(=O)OCC(=O)NC(N)=O)c2C1. The summed E-state index contributed by atoms with van der Waals surface area (Å²) >= 11 is 0. The van der Waals surface area contributed by atoms with Gasteiger partial charge in [0.05, 0.1) is 23.0 Å². The molecule has 1 atom stereocenters. The minimum Gasteiger partial charge on any atom is -0.465 e. The number of pyridine rings is 1. The standard InChI is InChI=1S/C23H21N3O5/c1-13-9-14(11-15-5-4-8-30-15)21-17(10-13)20(16-6-2-3-7-18(16)25-21)22(28)31-12-19(27)26-23(24)29/h2-8,11,13H,9-10,12H2,1H3,(H3,24,26,27,29)/t13-/m0/s1. The summed E-state index contributed by atoms with van der Waals surface area (Å²) in [4.78, 5) is 40.4. The number of nitrogens with one attached hydrogen (secondary N) is 1. The van der Waals surface area contributed by atoms with Crippen LogP contribution in [0.15, 0.2) is 47.1 Å². The first-order valence-electron chi connectivity index (χ1n) is 9.85. The van der Waals surface area contributed by atoms with Gasteiger partial charge in [0.1, 0.15) is 5.76 Å². The third kappa shape index (κ3) is 4.32. The first kappa shape index (κ1) is 20.3. The number of nitrogens with two attached hydrogens (primary N) is 1. The highest BCUT2D eigenvalue weighted by atomic mass is 16.5. The molecule has 0 saturated carbocycles. The van der Waals surface area contributed by atoms with Crippen LogP contribution in [0.1, 0.15) is 40.7 Å². The Labute approximate surface area is 178 Å². The van der Waals surface area contributed by atoms with Crippen LogP contribution in [0.2, 0.25) is 0 Å². The van der Waals surface area contributed by atoms with E-state index in [1.54, 1.807) is 12.3 Å². The molecule has 158 valence electrons. The molecule has 1 aliphatic rings. The maximum absolute atomic E-state index is 13.1. The molecule has 8 nitrogen and oxygen atoms in total. The molecule has 1 aromatic carbocycles. The summed E-state index contributed by atoms with van der Waals surface area (Å²) in [5.74, 6) is -0.473. The number of carbonyl (C=O) groups excluding carboxylic acids is 3. The Kier molecular flexibility index (Phi) is 5.53. The number of aromatic nitrogens is 1. The fraction of sp³-hybridized carbons (Fsp3) is 0.217. The van der Waals surface area contributed by atoms with Crippen LogP contribution in [0.5, 0.6) is 0 Å². The number of amides is 3. The average molecular weight is 419 g/mol. The molecule has 0 unspecified atom stereocenters. The lowest BCUT2D eigenvalue weighted by molar-refractivity contribution is -0.123. The zero-order valence-electron chi connectivity index (χ0n) is 16.9. The van der Waals surface area contributed by atoms with Gasteiger partial charge in [0.2, 0.25) is 0 Å². The molecule has 0 saturated heterocycles. The van der Waals surface area contributed by atoms with Crippen molar-refractivity contribution in [2.75, 3.05) is 6.61 Å². The van der Waals surface area contributed by atoms with Gasteiger partial charge in [-0.25, -0.2) is 14.6 Å². The molecular weight excluding hydrogens is 398 g/mol. The topological polar surface area (TPSA) is 125 Å². The summed E-state index contributed by atoms with van der Waals surface area (Å²) in [5, 5.41) is 2.53. The van der Waals surface area contributed by atoms with Crippen LogP contribution >= 0.6 is 0 Å². The molecule has 2 heterocycles. The second-order valence-electron chi connectivity index (χ2n) is 7.52. The highest BCUT2D eigenvalue weighted by molar-refractivity contribution is 6.07. The summed E-state index contributed by atoms with van der Waals surface area (Å²) in [7, 11) is 0. The first-order valence-corrected chi connectivity index (χ1v) is 9.85. The Morgan fingerprint density at radius 2 is 2.03 bits per heavy atom. The lowest BCUT2D eigenvalue weighted by atomic mass is 9.81. The summed E-state index contributed by atoms with van der Waals surface area (Å²) in [5.41, 5.74) is 8.42. The van der Waals surface area contributed by atoms with E-state index in [2.05, 4.69) is 6.92 Å². The number of hydrogen-bond acceptors (Lipinski definition) is 6. The van der Waals surface area contributed by atoms with Gasteiger partial charge in [-0.2, -0.15) is 0 Å². The van der Waals surface area contributed by atoms with Gasteiger partial charge < -0.3 is 14.9 Å². The molecule has 31 heavy (non-hydrogen) atoms. The van der Waals surface area contributed by atoms with Gasteiger partial charge in [-0.3, -0.25) is 10.1 Å². The Morgan fingerprint density at radius 1 is 1.23 bits per heavy atom. The monoisotopic (exact) mass is 419 g/mol. The van der Waals surface area contributed by atoms with Gasteiger partial charge in [-0.1, -0.05) is 25.1 Å². The van der Waals surface area contributed by atoms with Gasteiger partial charge in [-0.05, 0) is 54.2 Å². The van der Waals surface area contributed by atoms with E-state index >= 15 is 0 Å². The summed E-state index contributed by atoms with van der Waals surface area (Å²) < 4.78 is 10.7. The quantitative estimate of drug-likeness (QED) is 0.625. The number of carbonyl (C=O) groups is 3. The predicted octanol–water partition coefficient (Wildman–Crippen LogP) is 3.30.